The number of carbonyl (C=O) groups is 1. The Morgan fingerprint density at radius 1 is 1.11 bits per heavy atom. The van der Waals surface area contributed by atoms with Crippen molar-refractivity contribution in [3.8, 4) is 5.75 Å². The summed E-state index contributed by atoms with van der Waals surface area (Å²) in [5.74, 6) is -1.56. The molecule has 1 aliphatic heterocycles. The molecule has 0 spiro atoms. The molecule has 2 aliphatic carbocycles. The lowest BCUT2D eigenvalue weighted by Crippen LogP contribution is -2.40. The van der Waals surface area contributed by atoms with E-state index in [4.69, 9.17) is 16.3 Å². The summed E-state index contributed by atoms with van der Waals surface area (Å²) in [6.45, 7) is 1.99. The monoisotopic (exact) mass is 524 g/mol. The lowest BCUT2D eigenvalue weighted by Gasteiger charge is -2.33. The molecule has 2 aromatic carbocycles. The maximum atomic E-state index is 15.0. The molecular formula is C25H27ClF2N2O4S. The third kappa shape index (κ3) is 5.78. The first-order valence-electron chi connectivity index (χ1n) is 11.9. The highest BCUT2D eigenvalue weighted by Crippen LogP contribution is 2.45. The zero-order valence-corrected chi connectivity index (χ0v) is 20.7. The lowest BCUT2D eigenvalue weighted by molar-refractivity contribution is 0.0832. The first kappa shape index (κ1) is 24.5. The second-order valence-corrected chi connectivity index (χ2v) is 12.0. The number of halogens is 3. The normalized spacial score (nSPS) is 21.1. The first-order chi connectivity index (χ1) is 16.7. The van der Waals surface area contributed by atoms with Crippen molar-refractivity contribution in [3.05, 3.63) is 63.7 Å². The lowest BCUT2D eigenvalue weighted by atomic mass is 10.0. The van der Waals surface area contributed by atoms with Gasteiger partial charge < -0.3 is 4.74 Å². The highest BCUT2D eigenvalue weighted by atomic mass is 35.5. The molecule has 1 heterocycles. The number of ether oxygens (including phenoxy) is 1. The van der Waals surface area contributed by atoms with Crippen LogP contribution < -0.4 is 9.46 Å². The third-order valence-electron chi connectivity index (χ3n) is 6.72. The molecule has 1 amide bonds. The second-order valence-electron chi connectivity index (χ2n) is 9.67. The molecule has 35 heavy (non-hydrogen) atoms. The van der Waals surface area contributed by atoms with E-state index < -0.39 is 27.0 Å². The molecule has 1 atom stereocenters. The summed E-state index contributed by atoms with van der Waals surface area (Å²) >= 11 is 6.19. The van der Waals surface area contributed by atoms with Crippen LogP contribution in [0.2, 0.25) is 5.02 Å². The third-order valence-corrected chi connectivity index (χ3v) is 8.90. The van der Waals surface area contributed by atoms with Crippen molar-refractivity contribution < 1.29 is 26.7 Å². The fourth-order valence-corrected chi connectivity index (χ4v) is 6.05. The van der Waals surface area contributed by atoms with Crippen LogP contribution in [0.15, 0.2) is 30.3 Å². The highest BCUT2D eigenvalue weighted by molar-refractivity contribution is 7.91. The zero-order chi connectivity index (χ0) is 24.7. The highest BCUT2D eigenvalue weighted by Gasteiger charge is 2.38. The van der Waals surface area contributed by atoms with Crippen molar-refractivity contribution in [1.29, 1.82) is 0 Å². The second kappa shape index (κ2) is 9.67. The van der Waals surface area contributed by atoms with E-state index in [9.17, 15) is 22.0 Å². The average Bonchev–Trinajstić information content (AvgIpc) is 3.68. The number of hydrogen-bond donors (Lipinski definition) is 1. The molecule has 188 valence electrons. The number of nitrogens with zero attached hydrogens (tertiary/aromatic N) is 1. The Labute approximate surface area is 208 Å². The minimum absolute atomic E-state index is 0.162. The molecular weight excluding hydrogens is 498 g/mol. The maximum absolute atomic E-state index is 15.0. The molecule has 1 N–H and O–H groups in total. The van der Waals surface area contributed by atoms with Crippen molar-refractivity contribution in [2.45, 2.75) is 62.3 Å². The summed E-state index contributed by atoms with van der Waals surface area (Å²) in [4.78, 5) is 14.7. The molecule has 0 aromatic heterocycles. The summed E-state index contributed by atoms with van der Waals surface area (Å²) in [5, 5.41) is -0.192. The van der Waals surface area contributed by atoms with Gasteiger partial charge in [0.05, 0.1) is 10.8 Å². The van der Waals surface area contributed by atoms with Gasteiger partial charge in [-0.05, 0) is 80.3 Å². The van der Waals surface area contributed by atoms with Crippen molar-refractivity contribution in [2.24, 2.45) is 0 Å². The summed E-state index contributed by atoms with van der Waals surface area (Å²) in [6, 6.07) is 7.02. The molecule has 0 bridgehead atoms. The number of sulfonamides is 1. The van der Waals surface area contributed by atoms with Crippen LogP contribution in [-0.4, -0.2) is 43.7 Å². The number of hydrogen-bond acceptors (Lipinski definition) is 5. The van der Waals surface area contributed by atoms with Crippen LogP contribution in [0.5, 0.6) is 5.75 Å². The first-order valence-corrected chi connectivity index (χ1v) is 13.8. The Hall–Kier alpha value is -2.23. The SMILES string of the molecule is O=C(NS(=O)(=O)C1CC1)c1cc(C2CC2)c(O[C@@H]2CCCN(Cc3ccc(F)cc3Cl)C2)cc1F. The van der Waals surface area contributed by atoms with Crippen LogP contribution in [0.3, 0.4) is 0 Å². The van der Waals surface area contributed by atoms with E-state index in [2.05, 4.69) is 4.90 Å². The van der Waals surface area contributed by atoms with Gasteiger partial charge in [0, 0.05) is 24.2 Å². The molecule has 3 aliphatic rings. The smallest absolute Gasteiger partial charge is 0.267 e. The molecule has 5 rings (SSSR count). The fraction of sp³-hybridized carbons (Fsp3) is 0.480. The van der Waals surface area contributed by atoms with E-state index in [0.717, 1.165) is 43.4 Å². The fourth-order valence-electron chi connectivity index (χ4n) is 4.53. The Balaban J connectivity index is 1.30. The van der Waals surface area contributed by atoms with Gasteiger partial charge in [-0.25, -0.2) is 21.9 Å². The Bertz CT molecular complexity index is 1250. The van der Waals surface area contributed by atoms with Crippen molar-refractivity contribution in [1.82, 2.24) is 9.62 Å². The van der Waals surface area contributed by atoms with Crippen LogP contribution in [-0.2, 0) is 16.6 Å². The number of benzene rings is 2. The topological polar surface area (TPSA) is 75.7 Å². The molecule has 0 unspecified atom stereocenters. The quantitative estimate of drug-likeness (QED) is 0.539. The Morgan fingerprint density at radius 3 is 2.57 bits per heavy atom. The van der Waals surface area contributed by atoms with Crippen LogP contribution >= 0.6 is 11.6 Å². The van der Waals surface area contributed by atoms with E-state index in [-0.39, 0.29) is 23.4 Å². The van der Waals surface area contributed by atoms with Gasteiger partial charge in [-0.1, -0.05) is 17.7 Å². The van der Waals surface area contributed by atoms with E-state index >= 15 is 0 Å². The van der Waals surface area contributed by atoms with E-state index in [1.807, 2.05) is 4.72 Å². The summed E-state index contributed by atoms with van der Waals surface area (Å²) in [5.41, 5.74) is 1.29. The minimum atomic E-state index is -3.77. The van der Waals surface area contributed by atoms with Crippen molar-refractivity contribution >= 4 is 27.5 Å². The van der Waals surface area contributed by atoms with Gasteiger partial charge in [0.25, 0.3) is 5.91 Å². The average molecular weight is 525 g/mol. The van der Waals surface area contributed by atoms with Gasteiger partial charge in [0.15, 0.2) is 0 Å². The zero-order valence-electron chi connectivity index (χ0n) is 19.1. The van der Waals surface area contributed by atoms with Crippen molar-refractivity contribution in [3.63, 3.8) is 0 Å². The van der Waals surface area contributed by atoms with Gasteiger partial charge in [0.2, 0.25) is 10.0 Å². The number of carbonyl (C=O) groups excluding carboxylic acids is 1. The standard InChI is InChI=1S/C25H27ClF2N2O4S/c26-22-10-17(27)6-5-16(22)13-30-9-1-2-18(14-30)34-24-12-23(28)21(11-20(24)15-3-4-15)25(31)29-35(32,33)19-7-8-19/h5-6,10-12,15,18-19H,1-4,7-9,13-14H2,(H,29,31)/t18-/m1/s1. The number of amides is 1. The maximum Gasteiger partial charge on any atom is 0.267 e. The number of likely N-dealkylation sites (tertiary alicyclic amines) is 1. The molecule has 0 radical (unpaired) electrons. The Morgan fingerprint density at radius 2 is 1.89 bits per heavy atom. The van der Waals surface area contributed by atoms with E-state index in [0.29, 0.717) is 36.7 Å². The minimum Gasteiger partial charge on any atom is -0.489 e. The summed E-state index contributed by atoms with van der Waals surface area (Å²) in [6.07, 6.45) is 4.32. The summed E-state index contributed by atoms with van der Waals surface area (Å²) < 4.78 is 60.9. The van der Waals surface area contributed by atoms with E-state index in [1.165, 1.54) is 24.3 Å². The molecule has 2 saturated carbocycles. The molecule has 3 fully saturated rings. The van der Waals surface area contributed by atoms with Gasteiger partial charge in [0.1, 0.15) is 23.5 Å². The van der Waals surface area contributed by atoms with Gasteiger partial charge in [-0.15, -0.1) is 0 Å². The predicted octanol–water partition coefficient (Wildman–Crippen LogP) is 4.76. The van der Waals surface area contributed by atoms with E-state index in [1.54, 1.807) is 6.07 Å². The number of nitrogens with one attached hydrogen (secondary N) is 1. The predicted molar refractivity (Wildman–Crippen MR) is 128 cm³/mol. The molecule has 1 saturated heterocycles. The largest absolute Gasteiger partial charge is 0.489 e. The van der Waals surface area contributed by atoms with Gasteiger partial charge >= 0.3 is 0 Å². The van der Waals surface area contributed by atoms with Crippen LogP contribution in [0.4, 0.5) is 8.78 Å². The van der Waals surface area contributed by atoms with Gasteiger partial charge in [-0.3, -0.25) is 9.69 Å². The molecule has 2 aromatic rings. The summed E-state index contributed by atoms with van der Waals surface area (Å²) in [7, 11) is -3.77. The van der Waals surface area contributed by atoms with Crippen LogP contribution in [0.1, 0.15) is 65.9 Å². The number of rotatable bonds is 8. The van der Waals surface area contributed by atoms with Crippen LogP contribution in [0, 0.1) is 11.6 Å². The Kier molecular flexibility index (Phi) is 6.76. The molecule has 10 heteroatoms. The number of piperidine rings is 1. The van der Waals surface area contributed by atoms with Gasteiger partial charge in [-0.2, -0.15) is 0 Å². The molecule has 6 nitrogen and oxygen atoms in total. The van der Waals surface area contributed by atoms with Crippen LogP contribution in [0.25, 0.3) is 0 Å². The van der Waals surface area contributed by atoms with Crippen molar-refractivity contribution in [2.75, 3.05) is 13.1 Å².